The number of nitrogens with zero attached hydrogens (tertiary/aromatic N) is 2. The van der Waals surface area contributed by atoms with Gasteiger partial charge >= 0.3 is 6.09 Å². The van der Waals surface area contributed by atoms with Crippen molar-refractivity contribution in [1.29, 1.82) is 0 Å². The lowest BCUT2D eigenvalue weighted by Gasteiger charge is -2.33. The van der Waals surface area contributed by atoms with E-state index in [1.807, 2.05) is 37.3 Å². The van der Waals surface area contributed by atoms with Crippen molar-refractivity contribution in [2.45, 2.75) is 101 Å². The zero-order valence-corrected chi connectivity index (χ0v) is 30.2. The zero-order valence-electron chi connectivity index (χ0n) is 29.4. The lowest BCUT2D eigenvalue weighted by Crippen LogP contribution is -2.59. The van der Waals surface area contributed by atoms with E-state index in [2.05, 4.69) is 27.3 Å². The fourth-order valence-electron chi connectivity index (χ4n) is 7.46. The van der Waals surface area contributed by atoms with E-state index in [9.17, 15) is 32.7 Å². The highest BCUT2D eigenvalue weighted by atomic mass is 32.2. The Morgan fingerprint density at radius 3 is 2.63 bits per heavy atom. The molecule has 2 aliphatic carbocycles. The first-order valence-corrected chi connectivity index (χ1v) is 19.1. The number of hydrogen-bond acceptors (Lipinski definition) is 9. The molecule has 1 saturated heterocycles. The summed E-state index contributed by atoms with van der Waals surface area (Å²) in [6.45, 7) is 5.48. The quantitative estimate of drug-likeness (QED) is 0.293. The molecule has 14 nitrogen and oxygen atoms in total. The molecule has 51 heavy (non-hydrogen) atoms. The van der Waals surface area contributed by atoms with Crippen molar-refractivity contribution in [1.82, 2.24) is 25.2 Å². The van der Waals surface area contributed by atoms with Crippen molar-refractivity contribution >= 4 is 44.6 Å². The summed E-state index contributed by atoms with van der Waals surface area (Å²) in [7, 11) is -2.43. The first-order chi connectivity index (χ1) is 24.2. The summed E-state index contributed by atoms with van der Waals surface area (Å²) in [4.78, 5) is 60.4. The van der Waals surface area contributed by atoms with Crippen LogP contribution in [-0.2, 0) is 24.4 Å². The number of carbonyl (C=O) groups is 4. The maximum atomic E-state index is 14.5. The van der Waals surface area contributed by atoms with Gasteiger partial charge in [-0.25, -0.2) is 18.2 Å². The molecule has 6 rings (SSSR count). The van der Waals surface area contributed by atoms with E-state index in [0.717, 1.165) is 11.8 Å². The van der Waals surface area contributed by atoms with Crippen LogP contribution in [0.1, 0.15) is 72.1 Å². The summed E-state index contributed by atoms with van der Waals surface area (Å²) in [5, 5.41) is 16.6. The van der Waals surface area contributed by atoms with Crippen molar-refractivity contribution < 1.29 is 42.2 Å². The van der Waals surface area contributed by atoms with E-state index >= 15 is 0 Å². The lowest BCUT2D eigenvalue weighted by molar-refractivity contribution is -0.142. The molecule has 276 valence electrons. The molecule has 7 atom stereocenters. The molecule has 2 aromatic rings. The Labute approximate surface area is 297 Å². The molecule has 4 aliphatic rings. The predicted octanol–water partition coefficient (Wildman–Crippen LogP) is 3.50. The molecule has 1 aromatic carbocycles. The molecule has 15 heteroatoms. The van der Waals surface area contributed by atoms with Crippen LogP contribution in [0, 0.1) is 17.8 Å². The first-order valence-electron chi connectivity index (χ1n) is 17.6. The van der Waals surface area contributed by atoms with E-state index in [1.54, 1.807) is 26.3 Å². The number of methoxy groups -OCH3 is 1. The van der Waals surface area contributed by atoms with Crippen LogP contribution in [0.15, 0.2) is 42.6 Å². The molecule has 2 unspecified atom stereocenters. The monoisotopic (exact) mass is 725 g/mol. The minimum atomic E-state index is -4.00. The third-order valence-electron chi connectivity index (χ3n) is 11.1. The number of amides is 4. The Hall–Kier alpha value is -4.40. The predicted molar refractivity (Wildman–Crippen MR) is 187 cm³/mol. The third kappa shape index (κ3) is 7.35. The summed E-state index contributed by atoms with van der Waals surface area (Å²) >= 11 is 0. The van der Waals surface area contributed by atoms with Gasteiger partial charge < -0.3 is 30.1 Å². The van der Waals surface area contributed by atoms with E-state index in [1.165, 1.54) is 4.90 Å². The van der Waals surface area contributed by atoms with Crippen LogP contribution >= 0.6 is 0 Å². The summed E-state index contributed by atoms with van der Waals surface area (Å²) in [6, 6.07) is 4.94. The molecule has 4 amide bonds. The number of nitrogens with one attached hydrogen (secondary N) is 3. The van der Waals surface area contributed by atoms with Gasteiger partial charge in [0.05, 0.1) is 18.4 Å². The summed E-state index contributed by atoms with van der Waals surface area (Å²) in [5.41, 5.74) is -1.54. The van der Waals surface area contributed by atoms with Gasteiger partial charge in [-0.1, -0.05) is 32.4 Å². The number of benzene rings is 1. The van der Waals surface area contributed by atoms with Gasteiger partial charge in [-0.3, -0.25) is 19.1 Å². The highest BCUT2D eigenvalue weighted by Crippen LogP contribution is 2.47. The molecule has 1 aromatic heterocycles. The van der Waals surface area contributed by atoms with Crippen LogP contribution in [0.3, 0.4) is 0 Å². The zero-order chi connectivity index (χ0) is 36.7. The minimum absolute atomic E-state index is 0.0212. The van der Waals surface area contributed by atoms with E-state index in [4.69, 9.17) is 9.47 Å². The molecule has 2 saturated carbocycles. The Bertz CT molecular complexity index is 1850. The average Bonchev–Trinajstić information content (AvgIpc) is 3.97. The highest BCUT2D eigenvalue weighted by molar-refractivity contribution is 7.91. The van der Waals surface area contributed by atoms with Crippen LogP contribution in [0.25, 0.3) is 10.8 Å². The molecule has 0 radical (unpaired) electrons. The lowest BCUT2D eigenvalue weighted by atomic mass is 9.85. The molecule has 4 N–H and O–H groups in total. The number of carbonyl (C=O) groups excluding carboxylic acids is 3. The van der Waals surface area contributed by atoms with Crippen molar-refractivity contribution in [3.8, 4) is 11.6 Å². The number of pyridine rings is 1. The van der Waals surface area contributed by atoms with E-state index in [0.29, 0.717) is 49.1 Å². The molecule has 2 aliphatic heterocycles. The van der Waals surface area contributed by atoms with Crippen molar-refractivity contribution in [3.05, 3.63) is 42.6 Å². The molecule has 3 fully saturated rings. The van der Waals surface area contributed by atoms with Gasteiger partial charge in [-0.05, 0) is 86.9 Å². The molecule has 0 spiro atoms. The highest BCUT2D eigenvalue weighted by Gasteiger charge is 2.63. The van der Waals surface area contributed by atoms with Crippen molar-refractivity contribution in [2.24, 2.45) is 17.8 Å². The van der Waals surface area contributed by atoms with Crippen LogP contribution in [0.5, 0.6) is 11.6 Å². The largest absolute Gasteiger partial charge is 0.497 e. The van der Waals surface area contributed by atoms with Gasteiger partial charge in [-0.2, -0.15) is 0 Å². The normalized spacial score (nSPS) is 31.2. The molecule has 3 heterocycles. The van der Waals surface area contributed by atoms with Gasteiger partial charge in [0, 0.05) is 23.9 Å². The fraction of sp³-hybridized carbons (Fsp3) is 0.583. The van der Waals surface area contributed by atoms with Crippen molar-refractivity contribution in [2.75, 3.05) is 13.7 Å². The number of sulfonamides is 1. The van der Waals surface area contributed by atoms with Gasteiger partial charge in [0.1, 0.15) is 29.5 Å². The minimum Gasteiger partial charge on any atom is -0.497 e. The average molecular weight is 726 g/mol. The van der Waals surface area contributed by atoms with Crippen molar-refractivity contribution in [3.63, 3.8) is 0 Å². The second-order valence-corrected chi connectivity index (χ2v) is 17.0. The fourth-order valence-corrected chi connectivity index (χ4v) is 8.77. The SMILES string of the molecule is CC[C@@H]1C[C@@H](C)CC/C=C\C2CC2(C(=O)NS(=O)(=O)C2(C)CC2)NC(=O)[C@@H]2C[C@@H](Oc3nccc4cc(OC)ccc34)CN2C(=O)[C@H]1NC(=O)O. The maximum absolute atomic E-state index is 14.5. The van der Waals surface area contributed by atoms with Crippen LogP contribution in [0.2, 0.25) is 0 Å². The van der Waals surface area contributed by atoms with Gasteiger partial charge in [0.15, 0.2) is 0 Å². The Kier molecular flexibility index (Phi) is 9.96. The number of fused-ring (bicyclic) bond motifs is 3. The summed E-state index contributed by atoms with van der Waals surface area (Å²) in [5.74, 6) is -1.77. The second-order valence-electron chi connectivity index (χ2n) is 14.8. The number of hydrogen-bond donors (Lipinski definition) is 4. The van der Waals surface area contributed by atoms with Gasteiger partial charge in [0.2, 0.25) is 27.7 Å². The number of rotatable bonds is 8. The number of carboxylic acid groups (broad SMARTS) is 1. The molecule has 0 bridgehead atoms. The van der Waals surface area contributed by atoms with E-state index in [-0.39, 0.29) is 31.2 Å². The Morgan fingerprint density at radius 2 is 1.94 bits per heavy atom. The second kappa shape index (κ2) is 14.0. The Morgan fingerprint density at radius 1 is 1.18 bits per heavy atom. The third-order valence-corrected chi connectivity index (χ3v) is 13.3. The number of ether oxygens (including phenoxy) is 2. The smallest absolute Gasteiger partial charge is 0.405 e. The standard InChI is InChI=1S/C36H47N5O9S/c1-5-22-16-21(2)8-6-7-9-24-19-36(24,33(44)40-51(47,48)35(3)13-14-35)39-30(42)28-18-26(20-41(28)32(43)29(22)38-34(45)46)50-31-27-11-10-25(49-4)17-23(27)12-15-37-31/h7,9-12,15,17,21-22,24,26,28-29,38H,5-6,8,13-14,16,18-20H2,1-4H3,(H,39,42)(H,40,44)(H,45,46)/b9-7-/t21-,22+,24?,26+,28-,29-,36?/m0/s1. The number of allylic oxidation sites excluding steroid dienone is 1. The Balaban J connectivity index is 1.35. The summed E-state index contributed by atoms with van der Waals surface area (Å²) < 4.78 is 39.1. The van der Waals surface area contributed by atoms with Crippen LogP contribution in [-0.4, -0.2) is 89.4 Å². The summed E-state index contributed by atoms with van der Waals surface area (Å²) in [6.07, 6.45) is 6.87. The van der Waals surface area contributed by atoms with Crippen LogP contribution in [0.4, 0.5) is 4.79 Å². The maximum Gasteiger partial charge on any atom is 0.405 e. The molecular formula is C36H47N5O9S. The number of aromatic nitrogens is 1. The molecular weight excluding hydrogens is 678 g/mol. The van der Waals surface area contributed by atoms with Gasteiger partial charge in [0.25, 0.3) is 5.91 Å². The van der Waals surface area contributed by atoms with E-state index < -0.39 is 68.2 Å². The van der Waals surface area contributed by atoms with Gasteiger partial charge in [-0.15, -0.1) is 0 Å². The first kappa shape index (κ1) is 36.4. The van der Waals surface area contributed by atoms with Crippen LogP contribution < -0.4 is 24.8 Å². The topological polar surface area (TPSA) is 193 Å².